The van der Waals surface area contributed by atoms with E-state index in [0.29, 0.717) is 6.54 Å². The van der Waals surface area contributed by atoms with Gasteiger partial charge in [-0.1, -0.05) is 12.1 Å². The molecule has 1 saturated carbocycles. The van der Waals surface area contributed by atoms with E-state index in [1.54, 1.807) is 12.1 Å². The van der Waals surface area contributed by atoms with E-state index in [-0.39, 0.29) is 11.2 Å². The van der Waals surface area contributed by atoms with E-state index in [2.05, 4.69) is 29.6 Å². The van der Waals surface area contributed by atoms with Crippen LogP contribution in [-0.4, -0.2) is 28.8 Å². The second-order valence-electron chi connectivity index (χ2n) is 7.11. The summed E-state index contributed by atoms with van der Waals surface area (Å²) in [7, 11) is 1.95. The Morgan fingerprint density at radius 1 is 1.31 bits per heavy atom. The minimum absolute atomic E-state index is 0.0262. The van der Waals surface area contributed by atoms with Crippen molar-refractivity contribution < 1.29 is 4.39 Å². The molecule has 2 N–H and O–H groups in total. The van der Waals surface area contributed by atoms with Crippen molar-refractivity contribution in [1.82, 2.24) is 20.4 Å². The molecule has 1 aromatic carbocycles. The van der Waals surface area contributed by atoms with E-state index in [4.69, 9.17) is 4.99 Å². The third-order valence-electron chi connectivity index (χ3n) is 5.28. The van der Waals surface area contributed by atoms with Gasteiger partial charge in [0, 0.05) is 36.8 Å². The molecule has 1 aromatic heterocycles. The molecule has 6 heteroatoms. The van der Waals surface area contributed by atoms with E-state index >= 15 is 0 Å². The van der Waals surface area contributed by atoms with Gasteiger partial charge >= 0.3 is 0 Å². The molecule has 1 fully saturated rings. The molecule has 140 valence electrons. The summed E-state index contributed by atoms with van der Waals surface area (Å²) in [4.78, 5) is 4.73. The summed E-state index contributed by atoms with van der Waals surface area (Å²) in [6.45, 7) is 8.28. The van der Waals surface area contributed by atoms with E-state index in [1.807, 2.05) is 24.7 Å². The second kappa shape index (κ2) is 7.48. The Hall–Kier alpha value is -2.37. The van der Waals surface area contributed by atoms with Gasteiger partial charge < -0.3 is 10.6 Å². The molecule has 5 nitrogen and oxygen atoms in total. The fourth-order valence-corrected chi connectivity index (χ4v) is 3.34. The minimum Gasteiger partial charge on any atom is -0.357 e. The summed E-state index contributed by atoms with van der Waals surface area (Å²) in [5, 5.41) is 11.2. The standard InChI is InChI=1S/C20H28FN5/c1-5-22-19(23-12-18-14(2)25-26(4)15(18)3)24-13-20(9-10-20)16-7-6-8-17(21)11-16/h6-8,11H,5,9-10,12-13H2,1-4H3,(H2,22,23,24). The summed E-state index contributed by atoms with van der Waals surface area (Å²) in [6.07, 6.45) is 2.15. The van der Waals surface area contributed by atoms with Crippen LogP contribution in [0.4, 0.5) is 4.39 Å². The van der Waals surface area contributed by atoms with Crippen LogP contribution in [0.2, 0.25) is 0 Å². The maximum Gasteiger partial charge on any atom is 0.191 e. The van der Waals surface area contributed by atoms with E-state index in [1.165, 1.54) is 6.07 Å². The summed E-state index contributed by atoms with van der Waals surface area (Å²) in [5.41, 5.74) is 4.41. The molecule has 3 rings (SSSR count). The first-order valence-corrected chi connectivity index (χ1v) is 9.22. The number of aromatic nitrogens is 2. The number of hydrogen-bond donors (Lipinski definition) is 2. The lowest BCUT2D eigenvalue weighted by molar-refractivity contribution is 0.607. The number of guanidine groups is 1. The van der Waals surface area contributed by atoms with Crippen LogP contribution in [0.25, 0.3) is 0 Å². The minimum atomic E-state index is -0.170. The van der Waals surface area contributed by atoms with Crippen molar-refractivity contribution in [2.24, 2.45) is 12.0 Å². The highest BCUT2D eigenvalue weighted by atomic mass is 19.1. The molecule has 0 bridgehead atoms. The van der Waals surface area contributed by atoms with Crippen LogP contribution < -0.4 is 10.6 Å². The highest BCUT2D eigenvalue weighted by Gasteiger charge is 2.44. The number of benzene rings is 1. The zero-order valence-corrected chi connectivity index (χ0v) is 16.1. The van der Waals surface area contributed by atoms with Crippen LogP contribution in [0.5, 0.6) is 0 Å². The molecule has 26 heavy (non-hydrogen) atoms. The summed E-state index contributed by atoms with van der Waals surface area (Å²) >= 11 is 0. The fourth-order valence-electron chi connectivity index (χ4n) is 3.34. The molecule has 0 radical (unpaired) electrons. The zero-order valence-electron chi connectivity index (χ0n) is 16.1. The van der Waals surface area contributed by atoms with Gasteiger partial charge in [0.2, 0.25) is 0 Å². The first-order chi connectivity index (χ1) is 12.4. The largest absolute Gasteiger partial charge is 0.357 e. The highest BCUT2D eigenvalue weighted by Crippen LogP contribution is 2.47. The summed E-state index contributed by atoms with van der Waals surface area (Å²) in [6, 6.07) is 6.96. The molecule has 0 amide bonds. The Balaban J connectivity index is 1.69. The number of halogens is 1. The lowest BCUT2D eigenvalue weighted by Crippen LogP contribution is -2.41. The van der Waals surface area contributed by atoms with Crippen molar-refractivity contribution in [2.45, 2.75) is 45.6 Å². The van der Waals surface area contributed by atoms with Gasteiger partial charge in [0.25, 0.3) is 0 Å². The highest BCUT2D eigenvalue weighted by molar-refractivity contribution is 5.80. The molecule has 0 saturated heterocycles. The Morgan fingerprint density at radius 3 is 2.65 bits per heavy atom. The number of nitrogens with zero attached hydrogens (tertiary/aromatic N) is 3. The van der Waals surface area contributed by atoms with Crippen LogP contribution in [0.15, 0.2) is 29.3 Å². The van der Waals surface area contributed by atoms with Gasteiger partial charge in [-0.15, -0.1) is 0 Å². The summed E-state index contributed by atoms with van der Waals surface area (Å²) < 4.78 is 15.5. The van der Waals surface area contributed by atoms with E-state index in [9.17, 15) is 4.39 Å². The second-order valence-corrected chi connectivity index (χ2v) is 7.11. The van der Waals surface area contributed by atoms with E-state index < -0.39 is 0 Å². The quantitative estimate of drug-likeness (QED) is 0.617. The Morgan fingerprint density at radius 2 is 2.08 bits per heavy atom. The smallest absolute Gasteiger partial charge is 0.191 e. The predicted molar refractivity (Wildman–Crippen MR) is 103 cm³/mol. The number of aryl methyl sites for hydroxylation is 2. The predicted octanol–water partition coefficient (Wildman–Crippen LogP) is 2.96. The lowest BCUT2D eigenvalue weighted by Gasteiger charge is -2.19. The number of nitrogens with one attached hydrogen (secondary N) is 2. The third-order valence-corrected chi connectivity index (χ3v) is 5.28. The van der Waals surface area contributed by atoms with Crippen LogP contribution in [0.3, 0.4) is 0 Å². The normalized spacial score (nSPS) is 15.8. The number of rotatable bonds is 6. The molecule has 2 aromatic rings. The van der Waals surface area contributed by atoms with Crippen LogP contribution in [0.1, 0.15) is 42.3 Å². The Labute approximate surface area is 154 Å². The molecule has 0 spiro atoms. The molecule has 0 aliphatic heterocycles. The average molecular weight is 357 g/mol. The summed E-state index contributed by atoms with van der Waals surface area (Å²) in [5.74, 6) is 0.620. The van der Waals surface area contributed by atoms with Gasteiger partial charge in [-0.25, -0.2) is 9.38 Å². The Bertz CT molecular complexity index is 805. The number of hydrogen-bond acceptors (Lipinski definition) is 2. The molecular formula is C20H28FN5. The molecule has 1 aliphatic carbocycles. The molecular weight excluding hydrogens is 329 g/mol. The maximum atomic E-state index is 13.6. The van der Waals surface area contributed by atoms with Crippen molar-refractivity contribution in [2.75, 3.05) is 13.1 Å². The lowest BCUT2D eigenvalue weighted by atomic mass is 9.96. The molecule has 1 aliphatic rings. The topological polar surface area (TPSA) is 54.2 Å². The van der Waals surface area contributed by atoms with Crippen LogP contribution in [-0.2, 0) is 19.0 Å². The SMILES string of the molecule is CCNC(=NCc1c(C)nn(C)c1C)NCC1(c2cccc(F)c2)CC1. The van der Waals surface area contributed by atoms with Gasteiger partial charge in [-0.3, -0.25) is 4.68 Å². The van der Waals surface area contributed by atoms with Crippen molar-refractivity contribution in [1.29, 1.82) is 0 Å². The van der Waals surface area contributed by atoms with Crippen molar-refractivity contribution >= 4 is 5.96 Å². The van der Waals surface area contributed by atoms with Crippen molar-refractivity contribution in [3.63, 3.8) is 0 Å². The fraction of sp³-hybridized carbons (Fsp3) is 0.500. The van der Waals surface area contributed by atoms with Gasteiger partial charge in [-0.05, 0) is 51.3 Å². The molecule has 0 unspecified atom stereocenters. The molecule has 0 atom stereocenters. The monoisotopic (exact) mass is 357 g/mol. The molecule has 1 heterocycles. The van der Waals surface area contributed by atoms with Crippen molar-refractivity contribution in [3.05, 3.63) is 52.6 Å². The van der Waals surface area contributed by atoms with Crippen LogP contribution >= 0.6 is 0 Å². The van der Waals surface area contributed by atoms with Gasteiger partial charge in [0.1, 0.15) is 5.82 Å². The third kappa shape index (κ3) is 3.89. The first kappa shape index (κ1) is 18.4. The first-order valence-electron chi connectivity index (χ1n) is 9.22. The maximum absolute atomic E-state index is 13.6. The Kier molecular flexibility index (Phi) is 5.30. The van der Waals surface area contributed by atoms with E-state index in [0.717, 1.165) is 54.4 Å². The van der Waals surface area contributed by atoms with Gasteiger partial charge in [-0.2, -0.15) is 5.10 Å². The number of aliphatic imine (C=N–C) groups is 1. The average Bonchev–Trinajstić information content (AvgIpc) is 3.36. The van der Waals surface area contributed by atoms with Gasteiger partial charge in [0.15, 0.2) is 5.96 Å². The zero-order chi connectivity index (χ0) is 18.7. The van der Waals surface area contributed by atoms with Crippen molar-refractivity contribution in [3.8, 4) is 0 Å². The van der Waals surface area contributed by atoms with Gasteiger partial charge in [0.05, 0.1) is 12.2 Å². The van der Waals surface area contributed by atoms with Crippen LogP contribution in [0, 0.1) is 19.7 Å².